The van der Waals surface area contributed by atoms with Gasteiger partial charge in [-0.1, -0.05) is 18.2 Å². The normalized spacial score (nSPS) is 10.2. The van der Waals surface area contributed by atoms with Gasteiger partial charge in [0.05, 0.1) is 0 Å². The predicted octanol–water partition coefficient (Wildman–Crippen LogP) is 2.93. The van der Waals surface area contributed by atoms with Gasteiger partial charge in [0.25, 0.3) is 0 Å². The summed E-state index contributed by atoms with van der Waals surface area (Å²) in [5.74, 6) is 0. The van der Waals surface area contributed by atoms with Crippen LogP contribution in [0.3, 0.4) is 0 Å². The molecule has 0 radical (unpaired) electrons. The third-order valence-electron chi connectivity index (χ3n) is 1.64. The van der Waals surface area contributed by atoms with Gasteiger partial charge in [0, 0.05) is 5.56 Å². The van der Waals surface area contributed by atoms with Crippen LogP contribution >= 0.6 is 0 Å². The monoisotopic (exact) mass is 175 g/mol. The minimum absolute atomic E-state index is 0.186. The van der Waals surface area contributed by atoms with Gasteiger partial charge in [-0.05, 0) is 29.8 Å². The zero-order valence-electron chi connectivity index (χ0n) is 7.23. The second kappa shape index (κ2) is 4.30. The number of carbonyl (C=O) groups is 1. The van der Waals surface area contributed by atoms with Crippen LogP contribution in [0.1, 0.15) is 22.8 Å². The Bertz CT molecular complexity index is 356. The number of nitrogens with zero attached hydrogens (tertiary/aromatic N) is 1. The molecule has 0 aliphatic rings. The fourth-order valence-electron chi connectivity index (χ4n) is 1.04. The molecule has 0 unspecified atom stereocenters. The van der Waals surface area contributed by atoms with Crippen LogP contribution in [0.5, 0.6) is 0 Å². The summed E-state index contributed by atoms with van der Waals surface area (Å²) in [7, 11) is 0. The smallest absolute Gasteiger partial charge is 0.152 e. The lowest BCUT2D eigenvalue weighted by molar-refractivity contribution is 0.112. The van der Waals surface area contributed by atoms with Crippen molar-refractivity contribution in [3.63, 3.8) is 0 Å². The van der Waals surface area contributed by atoms with Crippen LogP contribution in [0, 0.1) is 4.91 Å². The zero-order valence-corrected chi connectivity index (χ0v) is 7.23. The Labute approximate surface area is 76.1 Å². The van der Waals surface area contributed by atoms with Crippen LogP contribution < -0.4 is 0 Å². The van der Waals surface area contributed by atoms with Crippen molar-refractivity contribution >= 4 is 18.0 Å². The molecule has 0 saturated heterocycles. The number of hydrogen-bond acceptors (Lipinski definition) is 3. The summed E-state index contributed by atoms with van der Waals surface area (Å²) in [6.45, 7) is 1.88. The van der Waals surface area contributed by atoms with Gasteiger partial charge in [-0.15, -0.1) is 4.91 Å². The maximum atomic E-state index is 10.4. The molecule has 0 aliphatic heterocycles. The second-order valence-corrected chi connectivity index (χ2v) is 2.53. The lowest BCUT2D eigenvalue weighted by Gasteiger charge is -1.96. The number of hydrogen-bond donors (Lipinski definition) is 0. The van der Waals surface area contributed by atoms with Crippen LogP contribution in [-0.2, 0) is 0 Å². The molecule has 0 aliphatic carbocycles. The quantitative estimate of drug-likeness (QED) is 0.523. The number of nitroso groups, excluding NO2 is 1. The van der Waals surface area contributed by atoms with Gasteiger partial charge in [-0.25, -0.2) is 0 Å². The molecule has 0 saturated carbocycles. The summed E-state index contributed by atoms with van der Waals surface area (Å²) in [5.41, 5.74) is 1.37. The van der Waals surface area contributed by atoms with Crippen LogP contribution in [0.15, 0.2) is 29.5 Å². The second-order valence-electron chi connectivity index (χ2n) is 2.53. The molecular formula is C10H9NO2. The van der Waals surface area contributed by atoms with Crippen molar-refractivity contribution < 1.29 is 4.79 Å². The molecule has 66 valence electrons. The Hall–Kier alpha value is -1.77. The predicted molar refractivity (Wildman–Crippen MR) is 52.0 cm³/mol. The van der Waals surface area contributed by atoms with Crippen molar-refractivity contribution in [2.75, 3.05) is 0 Å². The van der Waals surface area contributed by atoms with Gasteiger partial charge in [0.2, 0.25) is 0 Å². The Morgan fingerprint density at radius 1 is 1.38 bits per heavy atom. The Morgan fingerprint density at radius 2 is 2.15 bits per heavy atom. The van der Waals surface area contributed by atoms with E-state index >= 15 is 0 Å². The van der Waals surface area contributed by atoms with E-state index in [9.17, 15) is 9.70 Å². The summed E-state index contributed by atoms with van der Waals surface area (Å²) in [6.07, 6.45) is 4.31. The van der Waals surface area contributed by atoms with E-state index in [0.717, 1.165) is 5.56 Å². The van der Waals surface area contributed by atoms with Crippen molar-refractivity contribution in [3.05, 3.63) is 40.3 Å². The van der Waals surface area contributed by atoms with Crippen LogP contribution in [-0.4, -0.2) is 6.29 Å². The van der Waals surface area contributed by atoms with Crippen LogP contribution in [0.4, 0.5) is 5.69 Å². The van der Waals surface area contributed by atoms with Gasteiger partial charge in [0.1, 0.15) is 5.69 Å². The van der Waals surface area contributed by atoms with E-state index in [1.54, 1.807) is 18.2 Å². The fraction of sp³-hybridized carbons (Fsp3) is 0.100. The first kappa shape index (κ1) is 9.32. The highest BCUT2D eigenvalue weighted by molar-refractivity contribution is 5.83. The van der Waals surface area contributed by atoms with Crippen molar-refractivity contribution in [3.8, 4) is 0 Å². The molecule has 13 heavy (non-hydrogen) atoms. The SMILES string of the molecule is C/C=C/c1ccc(C=O)c(N=O)c1. The van der Waals surface area contributed by atoms with Gasteiger partial charge in [-0.3, -0.25) is 4.79 Å². The van der Waals surface area contributed by atoms with E-state index in [-0.39, 0.29) is 5.69 Å². The third-order valence-corrected chi connectivity index (χ3v) is 1.64. The number of rotatable bonds is 3. The zero-order chi connectivity index (χ0) is 9.68. The summed E-state index contributed by atoms with van der Waals surface area (Å²) < 4.78 is 0. The number of benzene rings is 1. The summed E-state index contributed by atoms with van der Waals surface area (Å²) in [4.78, 5) is 20.7. The topological polar surface area (TPSA) is 46.5 Å². The van der Waals surface area contributed by atoms with Gasteiger partial charge in [-0.2, -0.15) is 0 Å². The maximum Gasteiger partial charge on any atom is 0.152 e. The molecular weight excluding hydrogens is 166 g/mol. The highest BCUT2D eigenvalue weighted by Gasteiger charge is 2.01. The lowest BCUT2D eigenvalue weighted by Crippen LogP contribution is -1.81. The largest absolute Gasteiger partial charge is 0.298 e. The van der Waals surface area contributed by atoms with E-state index in [4.69, 9.17) is 0 Å². The Morgan fingerprint density at radius 3 is 2.69 bits per heavy atom. The first-order chi connectivity index (χ1) is 6.31. The lowest BCUT2D eigenvalue weighted by atomic mass is 10.1. The molecule has 0 amide bonds. The number of carbonyl (C=O) groups excluding carboxylic acids is 1. The molecule has 3 nitrogen and oxygen atoms in total. The third kappa shape index (κ3) is 2.08. The molecule has 1 aromatic rings. The van der Waals surface area contributed by atoms with Crippen molar-refractivity contribution in [1.82, 2.24) is 0 Å². The van der Waals surface area contributed by atoms with Gasteiger partial charge in [0.15, 0.2) is 6.29 Å². The van der Waals surface area contributed by atoms with Crippen molar-refractivity contribution in [2.24, 2.45) is 5.18 Å². The first-order valence-corrected chi connectivity index (χ1v) is 3.87. The number of aldehydes is 1. The first-order valence-electron chi connectivity index (χ1n) is 3.87. The molecule has 0 aromatic heterocycles. The average Bonchev–Trinajstić information content (AvgIpc) is 2.18. The van der Waals surface area contributed by atoms with E-state index in [2.05, 4.69) is 5.18 Å². The van der Waals surface area contributed by atoms with Gasteiger partial charge >= 0.3 is 0 Å². The summed E-state index contributed by atoms with van der Waals surface area (Å²) in [5, 5.41) is 2.77. The molecule has 0 spiro atoms. The maximum absolute atomic E-state index is 10.4. The Balaban J connectivity index is 3.19. The highest BCUT2D eigenvalue weighted by atomic mass is 16.3. The standard InChI is InChI=1S/C10H9NO2/c1-2-3-8-4-5-9(7-12)10(6-8)11-13/h2-7H,1H3/b3-2+. The minimum Gasteiger partial charge on any atom is -0.298 e. The molecule has 0 atom stereocenters. The fourth-order valence-corrected chi connectivity index (χ4v) is 1.04. The van der Waals surface area contributed by atoms with E-state index in [0.29, 0.717) is 11.8 Å². The minimum atomic E-state index is 0.186. The molecule has 0 bridgehead atoms. The average molecular weight is 175 g/mol. The molecule has 3 heteroatoms. The molecule has 0 N–H and O–H groups in total. The summed E-state index contributed by atoms with van der Waals surface area (Å²) in [6, 6.07) is 4.92. The van der Waals surface area contributed by atoms with Crippen molar-refractivity contribution in [2.45, 2.75) is 6.92 Å². The number of allylic oxidation sites excluding steroid dienone is 1. The van der Waals surface area contributed by atoms with Crippen LogP contribution in [0.25, 0.3) is 6.08 Å². The van der Waals surface area contributed by atoms with Gasteiger partial charge < -0.3 is 0 Å². The van der Waals surface area contributed by atoms with Crippen LogP contribution in [0.2, 0.25) is 0 Å². The molecule has 1 rings (SSSR count). The molecule has 0 fully saturated rings. The Kier molecular flexibility index (Phi) is 3.09. The summed E-state index contributed by atoms with van der Waals surface area (Å²) >= 11 is 0. The van der Waals surface area contributed by atoms with Crippen molar-refractivity contribution in [1.29, 1.82) is 0 Å². The van der Waals surface area contributed by atoms with E-state index in [1.165, 1.54) is 0 Å². The molecule has 1 aromatic carbocycles. The van der Waals surface area contributed by atoms with E-state index < -0.39 is 0 Å². The van der Waals surface area contributed by atoms with E-state index in [1.807, 2.05) is 19.1 Å². The molecule has 0 heterocycles. The highest BCUT2D eigenvalue weighted by Crippen LogP contribution is 2.19.